The van der Waals surface area contributed by atoms with Gasteiger partial charge in [-0.2, -0.15) is 5.26 Å². The molecular formula is C21H28N4O2. The fourth-order valence-electron chi connectivity index (χ4n) is 3.98. The van der Waals surface area contributed by atoms with E-state index in [1.54, 1.807) is 4.90 Å². The van der Waals surface area contributed by atoms with E-state index in [2.05, 4.69) is 11.0 Å². The Kier molecular flexibility index (Phi) is 6.83. The molecule has 0 radical (unpaired) electrons. The molecule has 0 atom stereocenters. The summed E-state index contributed by atoms with van der Waals surface area (Å²) < 4.78 is 0. The average molecular weight is 368 g/mol. The predicted octanol–water partition coefficient (Wildman–Crippen LogP) is 2.27. The molecule has 1 aromatic carbocycles. The summed E-state index contributed by atoms with van der Waals surface area (Å²) in [6, 6.07) is 11.6. The zero-order valence-electron chi connectivity index (χ0n) is 15.8. The van der Waals surface area contributed by atoms with E-state index in [4.69, 9.17) is 5.26 Å². The Bertz CT molecular complexity index is 671. The third-order valence-corrected chi connectivity index (χ3v) is 5.53. The Labute approximate surface area is 161 Å². The SMILES string of the molecule is N#CCCN(C(=O)CN1CCC(C(=O)N2CCCC2)CC1)c1ccccc1. The molecule has 2 amide bonds. The first kappa shape index (κ1) is 19.4. The van der Waals surface area contributed by atoms with Gasteiger partial charge in [0.1, 0.15) is 0 Å². The van der Waals surface area contributed by atoms with Crippen molar-refractivity contribution in [2.45, 2.75) is 32.1 Å². The van der Waals surface area contributed by atoms with E-state index in [0.29, 0.717) is 25.4 Å². The molecule has 0 bridgehead atoms. The van der Waals surface area contributed by atoms with Gasteiger partial charge >= 0.3 is 0 Å². The molecule has 2 aliphatic rings. The van der Waals surface area contributed by atoms with Crippen molar-refractivity contribution >= 4 is 17.5 Å². The summed E-state index contributed by atoms with van der Waals surface area (Å²) in [7, 11) is 0. The largest absolute Gasteiger partial charge is 0.342 e. The third kappa shape index (κ3) is 5.08. The molecule has 0 unspecified atom stereocenters. The summed E-state index contributed by atoms with van der Waals surface area (Å²) in [5.74, 6) is 0.428. The van der Waals surface area contributed by atoms with Crippen LogP contribution in [-0.4, -0.2) is 60.9 Å². The second-order valence-electron chi connectivity index (χ2n) is 7.37. The highest BCUT2D eigenvalue weighted by molar-refractivity contribution is 5.94. The van der Waals surface area contributed by atoms with Crippen molar-refractivity contribution < 1.29 is 9.59 Å². The van der Waals surface area contributed by atoms with Crippen molar-refractivity contribution in [2.75, 3.05) is 44.2 Å². The molecule has 2 saturated heterocycles. The molecule has 0 N–H and O–H groups in total. The van der Waals surface area contributed by atoms with Crippen LogP contribution in [0.25, 0.3) is 0 Å². The predicted molar refractivity (Wildman–Crippen MR) is 104 cm³/mol. The number of para-hydroxylation sites is 1. The van der Waals surface area contributed by atoms with E-state index in [1.807, 2.05) is 35.2 Å². The summed E-state index contributed by atoms with van der Waals surface area (Å²) >= 11 is 0. The topological polar surface area (TPSA) is 67.6 Å². The molecule has 0 saturated carbocycles. The van der Waals surface area contributed by atoms with Crippen LogP contribution in [-0.2, 0) is 9.59 Å². The van der Waals surface area contributed by atoms with E-state index >= 15 is 0 Å². The van der Waals surface area contributed by atoms with Gasteiger partial charge in [-0.05, 0) is 50.9 Å². The summed E-state index contributed by atoms with van der Waals surface area (Å²) in [5.41, 5.74) is 0.830. The van der Waals surface area contributed by atoms with Gasteiger partial charge in [0.25, 0.3) is 0 Å². The summed E-state index contributed by atoms with van der Waals surface area (Å²) in [6.45, 7) is 4.10. The van der Waals surface area contributed by atoms with Gasteiger partial charge in [0.2, 0.25) is 11.8 Å². The lowest BCUT2D eigenvalue weighted by atomic mass is 9.95. The number of likely N-dealkylation sites (tertiary alicyclic amines) is 2. The number of rotatable bonds is 6. The monoisotopic (exact) mass is 368 g/mol. The highest BCUT2D eigenvalue weighted by Gasteiger charge is 2.30. The van der Waals surface area contributed by atoms with Crippen LogP contribution in [0.5, 0.6) is 0 Å². The van der Waals surface area contributed by atoms with Crippen molar-refractivity contribution in [2.24, 2.45) is 5.92 Å². The van der Waals surface area contributed by atoms with Gasteiger partial charge in [-0.3, -0.25) is 14.5 Å². The van der Waals surface area contributed by atoms with Gasteiger partial charge in [0, 0.05) is 31.2 Å². The Morgan fingerprint density at radius 1 is 1.07 bits per heavy atom. The number of hydrogen-bond donors (Lipinski definition) is 0. The standard InChI is InChI=1S/C21H28N4O2/c22-11-6-14-25(19-7-2-1-3-8-19)20(26)17-23-15-9-18(10-16-23)21(27)24-12-4-5-13-24/h1-3,7-8,18H,4-6,9-10,12-17H2. The van der Waals surface area contributed by atoms with Crippen LogP contribution in [0.3, 0.4) is 0 Å². The highest BCUT2D eigenvalue weighted by atomic mass is 16.2. The normalized spacial score (nSPS) is 18.3. The Morgan fingerprint density at radius 2 is 1.74 bits per heavy atom. The van der Waals surface area contributed by atoms with Gasteiger partial charge in [0.15, 0.2) is 0 Å². The lowest BCUT2D eigenvalue weighted by Gasteiger charge is -2.34. The first-order valence-electron chi connectivity index (χ1n) is 9.92. The quantitative estimate of drug-likeness (QED) is 0.772. The summed E-state index contributed by atoms with van der Waals surface area (Å²) in [5, 5.41) is 8.90. The smallest absolute Gasteiger partial charge is 0.241 e. The molecule has 0 aromatic heterocycles. The van der Waals surface area contributed by atoms with Crippen molar-refractivity contribution in [3.63, 3.8) is 0 Å². The van der Waals surface area contributed by atoms with Crippen LogP contribution in [0.4, 0.5) is 5.69 Å². The second kappa shape index (κ2) is 9.52. The third-order valence-electron chi connectivity index (χ3n) is 5.53. The fraction of sp³-hybridized carbons (Fsp3) is 0.571. The van der Waals surface area contributed by atoms with Crippen LogP contribution in [0.15, 0.2) is 30.3 Å². The Balaban J connectivity index is 1.53. The zero-order chi connectivity index (χ0) is 19.1. The number of nitrogens with zero attached hydrogens (tertiary/aromatic N) is 4. The number of piperidine rings is 1. The Hall–Kier alpha value is -2.39. The second-order valence-corrected chi connectivity index (χ2v) is 7.37. The summed E-state index contributed by atoms with van der Waals surface area (Å²) in [6.07, 6.45) is 4.21. The minimum absolute atomic E-state index is 0.0146. The number of carbonyl (C=O) groups excluding carboxylic acids is 2. The molecule has 0 spiro atoms. The molecule has 2 aliphatic heterocycles. The summed E-state index contributed by atoms with van der Waals surface area (Å²) in [4.78, 5) is 31.2. The van der Waals surface area contributed by atoms with Crippen LogP contribution in [0.2, 0.25) is 0 Å². The number of hydrogen-bond acceptors (Lipinski definition) is 4. The average Bonchev–Trinajstić information content (AvgIpc) is 3.24. The molecule has 2 heterocycles. The van der Waals surface area contributed by atoms with E-state index in [9.17, 15) is 9.59 Å². The van der Waals surface area contributed by atoms with E-state index in [-0.39, 0.29) is 11.8 Å². The Morgan fingerprint density at radius 3 is 2.37 bits per heavy atom. The number of anilines is 1. The van der Waals surface area contributed by atoms with Crippen molar-refractivity contribution in [1.29, 1.82) is 5.26 Å². The van der Waals surface area contributed by atoms with Crippen LogP contribution in [0.1, 0.15) is 32.1 Å². The number of amides is 2. The van der Waals surface area contributed by atoms with Crippen LogP contribution in [0, 0.1) is 17.2 Å². The maximum absolute atomic E-state index is 12.8. The molecule has 3 rings (SSSR count). The molecule has 144 valence electrons. The first-order chi connectivity index (χ1) is 13.2. The lowest BCUT2D eigenvalue weighted by Crippen LogP contribution is -2.46. The molecule has 6 nitrogen and oxygen atoms in total. The van der Waals surface area contributed by atoms with Crippen molar-refractivity contribution in [1.82, 2.24) is 9.80 Å². The number of benzene rings is 1. The fourth-order valence-corrected chi connectivity index (χ4v) is 3.98. The zero-order valence-corrected chi connectivity index (χ0v) is 15.8. The van der Waals surface area contributed by atoms with E-state index in [0.717, 1.165) is 57.5 Å². The molecular weight excluding hydrogens is 340 g/mol. The van der Waals surface area contributed by atoms with Gasteiger partial charge in [0.05, 0.1) is 19.0 Å². The van der Waals surface area contributed by atoms with Crippen molar-refractivity contribution in [3.05, 3.63) is 30.3 Å². The van der Waals surface area contributed by atoms with Gasteiger partial charge in [-0.15, -0.1) is 0 Å². The van der Waals surface area contributed by atoms with Crippen LogP contribution >= 0.6 is 0 Å². The van der Waals surface area contributed by atoms with Gasteiger partial charge < -0.3 is 9.80 Å². The van der Waals surface area contributed by atoms with Crippen molar-refractivity contribution in [3.8, 4) is 6.07 Å². The first-order valence-corrected chi connectivity index (χ1v) is 9.92. The van der Waals surface area contributed by atoms with E-state index < -0.39 is 0 Å². The molecule has 27 heavy (non-hydrogen) atoms. The molecule has 6 heteroatoms. The van der Waals surface area contributed by atoms with Gasteiger partial charge in [-0.25, -0.2) is 0 Å². The maximum Gasteiger partial charge on any atom is 0.241 e. The molecule has 2 fully saturated rings. The molecule has 0 aliphatic carbocycles. The van der Waals surface area contributed by atoms with E-state index in [1.165, 1.54) is 0 Å². The van der Waals surface area contributed by atoms with Gasteiger partial charge in [-0.1, -0.05) is 18.2 Å². The number of carbonyl (C=O) groups is 2. The maximum atomic E-state index is 12.8. The number of nitriles is 1. The molecule has 1 aromatic rings. The minimum Gasteiger partial charge on any atom is -0.342 e. The minimum atomic E-state index is 0.0146. The highest BCUT2D eigenvalue weighted by Crippen LogP contribution is 2.22. The van der Waals surface area contributed by atoms with Crippen LogP contribution < -0.4 is 4.90 Å². The lowest BCUT2D eigenvalue weighted by molar-refractivity contribution is -0.136.